The van der Waals surface area contributed by atoms with Gasteiger partial charge in [0.15, 0.2) is 0 Å². The predicted octanol–water partition coefficient (Wildman–Crippen LogP) is 2.83. The van der Waals surface area contributed by atoms with Crippen LogP contribution in [0.1, 0.15) is 46.5 Å². The molecule has 0 radical (unpaired) electrons. The van der Waals surface area contributed by atoms with Crippen molar-refractivity contribution >= 4 is 0 Å². The number of hydrogen-bond acceptors (Lipinski definition) is 1. The van der Waals surface area contributed by atoms with Gasteiger partial charge >= 0.3 is 0 Å². The maximum Gasteiger partial charge on any atom is 0.0459 e. The zero-order valence-corrected chi connectivity index (χ0v) is 8.14. The molecule has 1 aliphatic rings. The molecule has 68 valence electrons. The van der Waals surface area contributed by atoms with Gasteiger partial charge in [0, 0.05) is 6.61 Å². The third-order valence-electron chi connectivity index (χ3n) is 2.39. The van der Waals surface area contributed by atoms with Crippen LogP contribution in [0.2, 0.25) is 0 Å². The summed E-state index contributed by atoms with van der Waals surface area (Å²) in [4.78, 5) is 0. The first kappa shape index (κ1) is 11.0. The molecule has 0 saturated heterocycles. The van der Waals surface area contributed by atoms with E-state index < -0.39 is 0 Å². The molecule has 1 fully saturated rings. The van der Waals surface area contributed by atoms with E-state index in [2.05, 4.69) is 6.92 Å². The van der Waals surface area contributed by atoms with Gasteiger partial charge in [-0.25, -0.2) is 0 Å². The van der Waals surface area contributed by atoms with Crippen LogP contribution in [0, 0.1) is 11.8 Å². The summed E-state index contributed by atoms with van der Waals surface area (Å²) >= 11 is 0. The molecule has 0 amide bonds. The van der Waals surface area contributed by atoms with Crippen molar-refractivity contribution < 1.29 is 5.11 Å². The molecule has 0 aromatic carbocycles. The third kappa shape index (κ3) is 4.41. The van der Waals surface area contributed by atoms with Gasteiger partial charge in [-0.3, -0.25) is 0 Å². The zero-order chi connectivity index (χ0) is 8.69. The maximum absolute atomic E-state index is 8.78. The summed E-state index contributed by atoms with van der Waals surface area (Å²) in [5, 5.41) is 8.78. The molecule has 0 unspecified atom stereocenters. The van der Waals surface area contributed by atoms with Gasteiger partial charge in [-0.1, -0.05) is 33.6 Å². The van der Waals surface area contributed by atoms with E-state index in [4.69, 9.17) is 5.11 Å². The summed E-state index contributed by atoms with van der Waals surface area (Å²) < 4.78 is 0. The second-order valence-corrected chi connectivity index (χ2v) is 3.31. The van der Waals surface area contributed by atoms with Crippen LogP contribution in [0.3, 0.4) is 0 Å². The Balaban J connectivity index is 0.000000461. The lowest BCUT2D eigenvalue weighted by Crippen LogP contribution is -2.14. The smallest absolute Gasteiger partial charge is 0.0459 e. The molecule has 0 aromatic heterocycles. The van der Waals surface area contributed by atoms with E-state index in [0.717, 1.165) is 5.92 Å². The fraction of sp³-hybridized carbons (Fsp3) is 1.00. The number of rotatable bonds is 1. The summed E-state index contributed by atoms with van der Waals surface area (Å²) in [7, 11) is 0. The third-order valence-corrected chi connectivity index (χ3v) is 2.39. The Labute approximate surface area is 70.8 Å². The highest BCUT2D eigenvalue weighted by molar-refractivity contribution is 4.68. The summed E-state index contributed by atoms with van der Waals surface area (Å²) in [6.07, 6.45) is 5.14. The fourth-order valence-electron chi connectivity index (χ4n) is 1.51. The van der Waals surface area contributed by atoms with Crippen molar-refractivity contribution in [2.24, 2.45) is 11.8 Å². The second-order valence-electron chi connectivity index (χ2n) is 3.31. The minimum Gasteiger partial charge on any atom is -0.396 e. The Morgan fingerprint density at radius 2 is 1.55 bits per heavy atom. The van der Waals surface area contributed by atoms with E-state index in [1.165, 1.54) is 25.7 Å². The first-order valence-electron chi connectivity index (χ1n) is 4.93. The van der Waals surface area contributed by atoms with E-state index in [9.17, 15) is 0 Å². The molecule has 0 heterocycles. The van der Waals surface area contributed by atoms with Crippen molar-refractivity contribution in [3.8, 4) is 0 Å². The van der Waals surface area contributed by atoms with Crippen LogP contribution >= 0.6 is 0 Å². The largest absolute Gasteiger partial charge is 0.396 e. The Hall–Kier alpha value is -0.0400. The molecule has 0 aromatic rings. The van der Waals surface area contributed by atoms with Crippen LogP contribution in [0.15, 0.2) is 0 Å². The van der Waals surface area contributed by atoms with Crippen LogP contribution in [-0.4, -0.2) is 11.7 Å². The highest BCUT2D eigenvalue weighted by Crippen LogP contribution is 2.27. The molecule has 0 aliphatic heterocycles. The summed E-state index contributed by atoms with van der Waals surface area (Å²) in [5.41, 5.74) is 0. The van der Waals surface area contributed by atoms with Gasteiger partial charge in [0.1, 0.15) is 0 Å². The molecule has 1 heteroatoms. The molecule has 1 aliphatic carbocycles. The lowest BCUT2D eigenvalue weighted by molar-refractivity contribution is 0.172. The first-order valence-corrected chi connectivity index (χ1v) is 4.93. The highest BCUT2D eigenvalue weighted by atomic mass is 16.3. The monoisotopic (exact) mass is 158 g/mol. The summed E-state index contributed by atoms with van der Waals surface area (Å²) in [6.45, 7) is 6.71. The molecule has 0 bridgehead atoms. The van der Waals surface area contributed by atoms with Crippen molar-refractivity contribution in [2.45, 2.75) is 46.5 Å². The molecule has 0 atom stereocenters. The van der Waals surface area contributed by atoms with Crippen molar-refractivity contribution in [2.75, 3.05) is 6.61 Å². The Kier molecular flexibility index (Phi) is 6.63. The van der Waals surface area contributed by atoms with Crippen LogP contribution in [0.5, 0.6) is 0 Å². The topological polar surface area (TPSA) is 20.2 Å². The molecule has 1 saturated carbocycles. The van der Waals surface area contributed by atoms with Crippen LogP contribution in [0.25, 0.3) is 0 Å². The quantitative estimate of drug-likeness (QED) is 0.622. The van der Waals surface area contributed by atoms with Crippen molar-refractivity contribution in [1.82, 2.24) is 0 Å². The molecule has 1 rings (SSSR count). The van der Waals surface area contributed by atoms with E-state index in [-0.39, 0.29) is 0 Å². The predicted molar refractivity (Wildman–Crippen MR) is 49.6 cm³/mol. The average molecular weight is 158 g/mol. The molecule has 1 nitrogen and oxygen atoms in total. The van der Waals surface area contributed by atoms with Crippen LogP contribution < -0.4 is 0 Å². The van der Waals surface area contributed by atoms with E-state index in [1.54, 1.807) is 0 Å². The highest BCUT2D eigenvalue weighted by Gasteiger charge is 2.16. The lowest BCUT2D eigenvalue weighted by Gasteiger charge is -2.23. The number of aliphatic hydroxyl groups is 1. The Morgan fingerprint density at radius 3 is 1.91 bits per heavy atom. The molecule has 11 heavy (non-hydrogen) atoms. The van der Waals surface area contributed by atoms with Crippen molar-refractivity contribution in [3.05, 3.63) is 0 Å². The van der Waals surface area contributed by atoms with Crippen LogP contribution in [-0.2, 0) is 0 Å². The minimum absolute atomic E-state index is 0.409. The Bertz CT molecular complexity index is 72.9. The van der Waals surface area contributed by atoms with Gasteiger partial charge in [-0.15, -0.1) is 0 Å². The number of hydrogen-bond donors (Lipinski definition) is 1. The van der Waals surface area contributed by atoms with Crippen molar-refractivity contribution in [3.63, 3.8) is 0 Å². The van der Waals surface area contributed by atoms with E-state index >= 15 is 0 Å². The molecular formula is C10H22O. The second kappa shape index (κ2) is 6.66. The summed E-state index contributed by atoms with van der Waals surface area (Å²) in [6, 6.07) is 0. The molecular weight excluding hydrogens is 136 g/mol. The van der Waals surface area contributed by atoms with Gasteiger partial charge < -0.3 is 5.11 Å². The number of aliphatic hydroxyl groups excluding tert-OH is 1. The normalized spacial score (nSPS) is 30.5. The van der Waals surface area contributed by atoms with Crippen molar-refractivity contribution in [1.29, 1.82) is 0 Å². The minimum atomic E-state index is 0.409. The summed E-state index contributed by atoms with van der Waals surface area (Å²) in [5.74, 6) is 1.54. The fourth-order valence-corrected chi connectivity index (χ4v) is 1.51. The maximum atomic E-state index is 8.78. The molecule has 1 N–H and O–H groups in total. The average Bonchev–Trinajstić information content (AvgIpc) is 2.10. The Morgan fingerprint density at radius 1 is 1.09 bits per heavy atom. The van der Waals surface area contributed by atoms with Gasteiger partial charge in [0.2, 0.25) is 0 Å². The lowest BCUT2D eigenvalue weighted by atomic mass is 9.84. The van der Waals surface area contributed by atoms with E-state index in [1.807, 2.05) is 13.8 Å². The standard InChI is InChI=1S/C8H16O.C2H6/c1-7-2-4-8(6-9)5-3-7;1-2/h7-9H,2-6H2,1H3;1-2H3. The first-order chi connectivity index (χ1) is 5.33. The van der Waals surface area contributed by atoms with Gasteiger partial charge in [-0.2, -0.15) is 0 Å². The van der Waals surface area contributed by atoms with E-state index in [0.29, 0.717) is 12.5 Å². The molecule has 0 spiro atoms. The van der Waals surface area contributed by atoms with Gasteiger partial charge in [0.25, 0.3) is 0 Å². The van der Waals surface area contributed by atoms with Gasteiger partial charge in [-0.05, 0) is 24.7 Å². The SMILES string of the molecule is CC.CC1CCC(CO)CC1. The zero-order valence-electron chi connectivity index (χ0n) is 8.14. The van der Waals surface area contributed by atoms with Gasteiger partial charge in [0.05, 0.1) is 0 Å². The van der Waals surface area contributed by atoms with Crippen LogP contribution in [0.4, 0.5) is 0 Å².